The molecule has 0 saturated heterocycles. The fourth-order valence-electron chi connectivity index (χ4n) is 2.67. The third-order valence-corrected chi connectivity index (χ3v) is 3.89. The van der Waals surface area contributed by atoms with E-state index in [0.29, 0.717) is 12.5 Å². The van der Waals surface area contributed by atoms with Crippen LogP contribution in [0, 0.1) is 0 Å². The quantitative estimate of drug-likeness (QED) is 0.920. The number of hydrogen-bond donors (Lipinski definition) is 1. The van der Waals surface area contributed by atoms with Gasteiger partial charge in [-0.05, 0) is 42.7 Å². The predicted octanol–water partition coefficient (Wildman–Crippen LogP) is 3.38. The molecule has 0 spiro atoms. The lowest BCUT2D eigenvalue weighted by Gasteiger charge is -2.21. The van der Waals surface area contributed by atoms with Crippen molar-refractivity contribution in [2.45, 2.75) is 32.2 Å². The number of carbonyl (C=O) groups is 2. The van der Waals surface area contributed by atoms with Crippen molar-refractivity contribution in [3.63, 3.8) is 0 Å². The van der Waals surface area contributed by atoms with Gasteiger partial charge in [-0.3, -0.25) is 9.59 Å². The van der Waals surface area contributed by atoms with Crippen molar-refractivity contribution in [2.24, 2.45) is 0 Å². The Morgan fingerprint density at radius 3 is 2.26 bits per heavy atom. The van der Waals surface area contributed by atoms with E-state index in [4.69, 9.17) is 0 Å². The van der Waals surface area contributed by atoms with Gasteiger partial charge >= 0.3 is 0 Å². The highest BCUT2D eigenvalue weighted by Gasteiger charge is 2.31. The first-order chi connectivity index (χ1) is 11.1. The molecule has 118 valence electrons. The molecule has 2 aromatic rings. The maximum absolute atomic E-state index is 12.1. The predicted molar refractivity (Wildman–Crippen MR) is 91.4 cm³/mol. The van der Waals surface area contributed by atoms with E-state index in [1.807, 2.05) is 59.5 Å². The smallest absolute Gasteiger partial charge is 0.228 e. The Morgan fingerprint density at radius 1 is 1.04 bits per heavy atom. The summed E-state index contributed by atoms with van der Waals surface area (Å²) in [6, 6.07) is 17.4. The SMILES string of the molecule is CC(=O)N(c1ccc(NC(=O)Cc2ccccc2)cc1)C1CC1. The molecule has 0 aromatic heterocycles. The summed E-state index contributed by atoms with van der Waals surface area (Å²) in [5.41, 5.74) is 2.62. The van der Waals surface area contributed by atoms with Crippen LogP contribution < -0.4 is 10.2 Å². The van der Waals surface area contributed by atoms with E-state index in [9.17, 15) is 9.59 Å². The fourth-order valence-corrected chi connectivity index (χ4v) is 2.67. The maximum atomic E-state index is 12.1. The van der Waals surface area contributed by atoms with Crippen molar-refractivity contribution in [3.8, 4) is 0 Å². The molecule has 2 amide bonds. The number of nitrogens with one attached hydrogen (secondary N) is 1. The van der Waals surface area contributed by atoms with E-state index in [2.05, 4.69) is 5.32 Å². The average Bonchev–Trinajstić information content (AvgIpc) is 3.34. The summed E-state index contributed by atoms with van der Waals surface area (Å²) in [4.78, 5) is 25.6. The Balaban J connectivity index is 1.63. The molecule has 3 rings (SSSR count). The number of hydrogen-bond acceptors (Lipinski definition) is 2. The van der Waals surface area contributed by atoms with Gasteiger partial charge in [0.15, 0.2) is 0 Å². The molecular formula is C19H20N2O2. The first-order valence-electron chi connectivity index (χ1n) is 7.87. The number of rotatable bonds is 5. The molecule has 0 aliphatic heterocycles. The topological polar surface area (TPSA) is 49.4 Å². The molecule has 2 aromatic carbocycles. The Labute approximate surface area is 136 Å². The molecule has 4 heteroatoms. The van der Waals surface area contributed by atoms with E-state index in [-0.39, 0.29) is 11.8 Å². The minimum absolute atomic E-state index is 0.0467. The normalized spacial score (nSPS) is 13.4. The number of anilines is 2. The third kappa shape index (κ3) is 3.97. The molecule has 1 saturated carbocycles. The van der Waals surface area contributed by atoms with Crippen molar-refractivity contribution in [3.05, 3.63) is 60.2 Å². The van der Waals surface area contributed by atoms with Crippen molar-refractivity contribution in [2.75, 3.05) is 10.2 Å². The molecule has 1 N–H and O–H groups in total. The molecule has 0 atom stereocenters. The Kier molecular flexibility index (Phi) is 4.42. The van der Waals surface area contributed by atoms with Crippen LogP contribution in [0.3, 0.4) is 0 Å². The molecule has 1 aliphatic rings. The molecule has 1 aliphatic carbocycles. The lowest BCUT2D eigenvalue weighted by molar-refractivity contribution is -0.117. The van der Waals surface area contributed by atoms with E-state index >= 15 is 0 Å². The second-order valence-corrected chi connectivity index (χ2v) is 5.88. The minimum atomic E-state index is -0.0467. The van der Waals surface area contributed by atoms with E-state index in [1.165, 1.54) is 0 Å². The number of carbonyl (C=O) groups excluding carboxylic acids is 2. The van der Waals surface area contributed by atoms with Gasteiger partial charge in [0.25, 0.3) is 0 Å². The largest absolute Gasteiger partial charge is 0.326 e. The third-order valence-electron chi connectivity index (χ3n) is 3.89. The van der Waals surface area contributed by atoms with Crippen LogP contribution in [0.15, 0.2) is 54.6 Å². The molecule has 0 bridgehead atoms. The Hall–Kier alpha value is -2.62. The van der Waals surface area contributed by atoms with Crippen LogP contribution in [0.2, 0.25) is 0 Å². The summed E-state index contributed by atoms with van der Waals surface area (Å²) in [7, 11) is 0. The van der Waals surface area contributed by atoms with Gasteiger partial charge in [-0.25, -0.2) is 0 Å². The average molecular weight is 308 g/mol. The molecule has 4 nitrogen and oxygen atoms in total. The molecule has 23 heavy (non-hydrogen) atoms. The van der Waals surface area contributed by atoms with Gasteiger partial charge in [-0.1, -0.05) is 30.3 Å². The Bertz CT molecular complexity index is 691. The zero-order valence-electron chi connectivity index (χ0n) is 13.2. The van der Waals surface area contributed by atoms with Crippen molar-refractivity contribution in [1.29, 1.82) is 0 Å². The highest BCUT2D eigenvalue weighted by molar-refractivity contribution is 5.94. The van der Waals surface area contributed by atoms with E-state index in [1.54, 1.807) is 6.92 Å². The standard InChI is InChI=1S/C19H20N2O2/c1-14(22)21(18-11-12-18)17-9-7-16(8-10-17)20-19(23)13-15-5-3-2-4-6-15/h2-10,18H,11-13H2,1H3,(H,20,23). The van der Waals surface area contributed by atoms with Crippen LogP contribution >= 0.6 is 0 Å². The van der Waals surface area contributed by atoms with E-state index in [0.717, 1.165) is 29.8 Å². The number of amides is 2. The van der Waals surface area contributed by atoms with Crippen molar-refractivity contribution in [1.82, 2.24) is 0 Å². The van der Waals surface area contributed by atoms with Crippen LogP contribution in [-0.2, 0) is 16.0 Å². The lowest BCUT2D eigenvalue weighted by atomic mass is 10.1. The molecule has 0 heterocycles. The summed E-state index contributed by atoms with van der Waals surface area (Å²) in [6.07, 6.45) is 2.48. The number of benzene rings is 2. The van der Waals surface area contributed by atoms with Gasteiger partial charge < -0.3 is 10.2 Å². The summed E-state index contributed by atoms with van der Waals surface area (Å²) in [5.74, 6) is 0.0166. The van der Waals surface area contributed by atoms with Crippen LogP contribution in [0.4, 0.5) is 11.4 Å². The number of nitrogens with zero attached hydrogens (tertiary/aromatic N) is 1. The van der Waals surface area contributed by atoms with Crippen LogP contribution in [0.5, 0.6) is 0 Å². The van der Waals surface area contributed by atoms with Gasteiger partial charge in [0.2, 0.25) is 11.8 Å². The monoisotopic (exact) mass is 308 g/mol. The molecular weight excluding hydrogens is 288 g/mol. The second-order valence-electron chi connectivity index (χ2n) is 5.88. The van der Waals surface area contributed by atoms with Gasteiger partial charge in [0.05, 0.1) is 6.42 Å². The zero-order valence-corrected chi connectivity index (χ0v) is 13.2. The molecule has 0 unspecified atom stereocenters. The summed E-state index contributed by atoms with van der Waals surface area (Å²) in [5, 5.41) is 2.89. The molecule has 0 radical (unpaired) electrons. The van der Waals surface area contributed by atoms with Crippen LogP contribution in [-0.4, -0.2) is 17.9 Å². The summed E-state index contributed by atoms with van der Waals surface area (Å²) < 4.78 is 0. The van der Waals surface area contributed by atoms with Gasteiger partial charge in [0, 0.05) is 24.3 Å². The highest BCUT2D eigenvalue weighted by atomic mass is 16.2. The van der Waals surface area contributed by atoms with Gasteiger partial charge in [-0.2, -0.15) is 0 Å². The summed E-state index contributed by atoms with van der Waals surface area (Å²) >= 11 is 0. The van der Waals surface area contributed by atoms with Gasteiger partial charge in [-0.15, -0.1) is 0 Å². The Morgan fingerprint density at radius 2 is 1.70 bits per heavy atom. The van der Waals surface area contributed by atoms with E-state index < -0.39 is 0 Å². The molecule has 1 fully saturated rings. The highest BCUT2D eigenvalue weighted by Crippen LogP contribution is 2.32. The zero-order chi connectivity index (χ0) is 16.2. The lowest BCUT2D eigenvalue weighted by Crippen LogP contribution is -2.30. The first-order valence-corrected chi connectivity index (χ1v) is 7.87. The van der Waals surface area contributed by atoms with Crippen LogP contribution in [0.25, 0.3) is 0 Å². The fraction of sp³-hybridized carbons (Fsp3) is 0.263. The van der Waals surface area contributed by atoms with Crippen LogP contribution in [0.1, 0.15) is 25.3 Å². The summed E-state index contributed by atoms with van der Waals surface area (Å²) in [6.45, 7) is 1.59. The second kappa shape index (κ2) is 6.65. The van der Waals surface area contributed by atoms with Gasteiger partial charge in [0.1, 0.15) is 0 Å². The van der Waals surface area contributed by atoms with Crippen molar-refractivity contribution >= 4 is 23.2 Å². The van der Waals surface area contributed by atoms with Crippen molar-refractivity contribution < 1.29 is 9.59 Å². The first kappa shape index (κ1) is 15.3. The maximum Gasteiger partial charge on any atom is 0.228 e. The minimum Gasteiger partial charge on any atom is -0.326 e.